The van der Waals surface area contributed by atoms with E-state index >= 15 is 0 Å². The molecule has 0 saturated carbocycles. The molecule has 0 aromatic heterocycles. The first kappa shape index (κ1) is 9.35. The lowest BCUT2D eigenvalue weighted by molar-refractivity contribution is 0.893. The van der Waals surface area contributed by atoms with Crippen LogP contribution in [-0.4, -0.2) is 18.3 Å². The number of hydrogen-bond donors (Lipinski definition) is 0. The fourth-order valence-electron chi connectivity index (χ4n) is 0.634. The molecular weight excluding hydrogens is 128 g/mol. The van der Waals surface area contributed by atoms with Gasteiger partial charge < -0.3 is 10.0 Å². The van der Waals surface area contributed by atoms with Crippen molar-refractivity contribution >= 4 is 10.0 Å². The zero-order valence-corrected chi connectivity index (χ0v) is 7.92. The van der Waals surface area contributed by atoms with E-state index in [2.05, 4.69) is 32.1 Å². The lowest BCUT2D eigenvalue weighted by Crippen LogP contribution is -1.98. The van der Waals surface area contributed by atoms with Gasteiger partial charge in [-0.15, -0.1) is 0 Å². The van der Waals surface area contributed by atoms with E-state index in [9.17, 15) is 0 Å². The van der Waals surface area contributed by atoms with Crippen molar-refractivity contribution in [3.8, 4) is 0 Å². The standard InChI is InChI=1S/C8H19S/c1-5-7-8-9(3,4)6-2/h6H,5,7-8H2,1-4H3/q-1. The van der Waals surface area contributed by atoms with Crippen LogP contribution in [0, 0.1) is 5.75 Å². The second kappa shape index (κ2) is 4.21. The highest BCUT2D eigenvalue weighted by molar-refractivity contribution is 8.34. The fraction of sp³-hybridized carbons (Fsp3) is 0.875. The molecule has 1 heteroatoms. The van der Waals surface area contributed by atoms with Gasteiger partial charge in [0, 0.05) is 0 Å². The highest BCUT2D eigenvalue weighted by atomic mass is 32.3. The van der Waals surface area contributed by atoms with Crippen LogP contribution in [0.2, 0.25) is 0 Å². The van der Waals surface area contributed by atoms with Crippen molar-refractivity contribution in [1.29, 1.82) is 0 Å². The Kier molecular flexibility index (Phi) is 4.37. The van der Waals surface area contributed by atoms with Gasteiger partial charge in [0.25, 0.3) is 0 Å². The van der Waals surface area contributed by atoms with Crippen molar-refractivity contribution in [1.82, 2.24) is 0 Å². The summed E-state index contributed by atoms with van der Waals surface area (Å²) in [5.74, 6) is 3.79. The third-order valence-corrected chi connectivity index (χ3v) is 4.28. The minimum Gasteiger partial charge on any atom is -0.384 e. The molecule has 0 radical (unpaired) electrons. The van der Waals surface area contributed by atoms with E-state index in [1.54, 1.807) is 0 Å². The van der Waals surface area contributed by atoms with Crippen LogP contribution >= 0.6 is 10.0 Å². The molecule has 0 unspecified atom stereocenters. The monoisotopic (exact) mass is 147 g/mol. The molecule has 0 amide bonds. The molecule has 0 aromatic rings. The van der Waals surface area contributed by atoms with Crippen LogP contribution in [0.15, 0.2) is 0 Å². The van der Waals surface area contributed by atoms with Crippen LogP contribution < -0.4 is 0 Å². The summed E-state index contributed by atoms with van der Waals surface area (Å²) in [5, 5.41) is 0. The third-order valence-electron chi connectivity index (χ3n) is 1.66. The van der Waals surface area contributed by atoms with Crippen molar-refractivity contribution in [3.63, 3.8) is 0 Å². The molecule has 0 aliphatic rings. The number of unbranched alkanes of at least 4 members (excludes halogenated alkanes) is 1. The van der Waals surface area contributed by atoms with Gasteiger partial charge in [-0.25, -0.2) is 0 Å². The summed E-state index contributed by atoms with van der Waals surface area (Å²) >= 11 is 0. The largest absolute Gasteiger partial charge is 0.384 e. The van der Waals surface area contributed by atoms with Crippen LogP contribution in [0.1, 0.15) is 26.7 Å². The summed E-state index contributed by atoms with van der Waals surface area (Å²) < 4.78 is 0. The van der Waals surface area contributed by atoms with Gasteiger partial charge in [0.2, 0.25) is 0 Å². The minimum absolute atomic E-state index is 0.307. The zero-order chi connectivity index (χ0) is 7.33. The van der Waals surface area contributed by atoms with Crippen LogP contribution in [0.25, 0.3) is 0 Å². The van der Waals surface area contributed by atoms with Crippen molar-refractivity contribution in [3.05, 3.63) is 5.75 Å². The van der Waals surface area contributed by atoms with Gasteiger partial charge in [-0.1, -0.05) is 25.9 Å². The molecule has 0 heterocycles. The molecule has 0 aromatic carbocycles. The molecule has 0 fully saturated rings. The summed E-state index contributed by atoms with van der Waals surface area (Å²) in [6.07, 6.45) is 7.49. The molecule has 0 rings (SSSR count). The first-order valence-electron chi connectivity index (χ1n) is 3.63. The van der Waals surface area contributed by atoms with Crippen LogP contribution in [0.3, 0.4) is 0 Å². The molecule has 0 bridgehead atoms. The first-order chi connectivity index (χ1) is 4.12. The lowest BCUT2D eigenvalue weighted by atomic mass is 10.4. The topological polar surface area (TPSA) is 0 Å². The van der Waals surface area contributed by atoms with Crippen molar-refractivity contribution in [2.24, 2.45) is 0 Å². The van der Waals surface area contributed by atoms with E-state index in [1.165, 1.54) is 18.6 Å². The Labute approximate surface area is 61.4 Å². The van der Waals surface area contributed by atoms with E-state index in [1.807, 2.05) is 0 Å². The molecule has 0 N–H and O–H groups in total. The highest BCUT2D eigenvalue weighted by Gasteiger charge is 1.96. The maximum atomic E-state index is 2.38. The maximum Gasteiger partial charge on any atom is -0.0481 e. The Hall–Kier alpha value is 0.350. The van der Waals surface area contributed by atoms with Gasteiger partial charge >= 0.3 is 0 Å². The molecule has 58 valence electrons. The maximum absolute atomic E-state index is 2.38. The van der Waals surface area contributed by atoms with Gasteiger partial charge in [-0.3, -0.25) is 5.75 Å². The fourth-order valence-corrected chi connectivity index (χ4v) is 1.90. The van der Waals surface area contributed by atoms with Gasteiger partial charge in [-0.2, -0.15) is 6.92 Å². The Morgan fingerprint density at radius 3 is 2.22 bits per heavy atom. The van der Waals surface area contributed by atoms with E-state index in [0.29, 0.717) is 0 Å². The molecular formula is C8H19S-. The molecule has 0 atom stereocenters. The second-order valence-corrected chi connectivity index (χ2v) is 7.04. The van der Waals surface area contributed by atoms with Crippen LogP contribution in [0.5, 0.6) is 0 Å². The van der Waals surface area contributed by atoms with E-state index in [0.717, 1.165) is 0 Å². The Balaban J connectivity index is 3.33. The normalized spacial score (nSPS) is 13.8. The summed E-state index contributed by atoms with van der Waals surface area (Å²) in [7, 11) is -0.307. The molecule has 0 nitrogen and oxygen atoms in total. The van der Waals surface area contributed by atoms with Crippen molar-refractivity contribution in [2.45, 2.75) is 26.7 Å². The Morgan fingerprint density at radius 1 is 1.33 bits per heavy atom. The summed E-state index contributed by atoms with van der Waals surface area (Å²) in [6.45, 7) is 4.44. The van der Waals surface area contributed by atoms with Gasteiger partial charge in [0.05, 0.1) is 0 Å². The quantitative estimate of drug-likeness (QED) is 0.536. The van der Waals surface area contributed by atoms with Gasteiger partial charge in [0.15, 0.2) is 0 Å². The van der Waals surface area contributed by atoms with Crippen molar-refractivity contribution in [2.75, 3.05) is 18.3 Å². The SMILES string of the molecule is C[CH-]S(C)(C)CCCC. The second-order valence-electron chi connectivity index (χ2n) is 2.92. The van der Waals surface area contributed by atoms with Crippen LogP contribution in [-0.2, 0) is 0 Å². The molecule has 9 heavy (non-hydrogen) atoms. The highest BCUT2D eigenvalue weighted by Crippen LogP contribution is 2.43. The number of rotatable bonds is 4. The Morgan fingerprint density at radius 2 is 1.89 bits per heavy atom. The molecule has 0 saturated heterocycles. The minimum atomic E-state index is -0.307. The van der Waals surface area contributed by atoms with E-state index in [4.69, 9.17) is 0 Å². The zero-order valence-electron chi connectivity index (χ0n) is 7.11. The predicted molar refractivity (Wildman–Crippen MR) is 49.2 cm³/mol. The molecule has 0 spiro atoms. The first-order valence-corrected chi connectivity index (χ1v) is 6.31. The van der Waals surface area contributed by atoms with Gasteiger partial charge in [0.1, 0.15) is 0 Å². The summed E-state index contributed by atoms with van der Waals surface area (Å²) in [4.78, 5) is 0. The average molecular weight is 147 g/mol. The summed E-state index contributed by atoms with van der Waals surface area (Å²) in [5.41, 5.74) is 0. The number of hydrogen-bond acceptors (Lipinski definition) is 0. The Bertz CT molecular complexity index is 67.0. The van der Waals surface area contributed by atoms with Crippen LogP contribution in [0.4, 0.5) is 0 Å². The van der Waals surface area contributed by atoms with E-state index in [-0.39, 0.29) is 10.0 Å². The van der Waals surface area contributed by atoms with Crippen molar-refractivity contribution < 1.29 is 0 Å². The molecule has 0 aliphatic carbocycles. The van der Waals surface area contributed by atoms with Gasteiger partial charge in [-0.05, 0) is 12.2 Å². The van der Waals surface area contributed by atoms with E-state index < -0.39 is 0 Å². The summed E-state index contributed by atoms with van der Waals surface area (Å²) in [6, 6.07) is 0. The molecule has 0 aliphatic heterocycles. The lowest BCUT2D eigenvalue weighted by Gasteiger charge is -2.40. The average Bonchev–Trinajstić information content (AvgIpc) is 1.84. The predicted octanol–water partition coefficient (Wildman–Crippen LogP) is 3.03. The third kappa shape index (κ3) is 4.83. The smallest absolute Gasteiger partial charge is 0.0481 e.